The van der Waals surface area contributed by atoms with Crippen LogP contribution < -0.4 is 10.5 Å². The molecule has 0 spiro atoms. The number of nitrogens with two attached hydrogens (primary N) is 1. The fraction of sp³-hybridized carbons (Fsp3) is 0.333. The summed E-state index contributed by atoms with van der Waals surface area (Å²) in [4.78, 5) is 2.48. The van der Waals surface area contributed by atoms with Gasteiger partial charge in [-0.15, -0.1) is 0 Å². The number of ether oxygens (including phenoxy) is 1. The molecule has 0 bridgehead atoms. The zero-order chi connectivity index (χ0) is 14.7. The van der Waals surface area contributed by atoms with E-state index in [9.17, 15) is 0 Å². The Morgan fingerprint density at radius 1 is 1.19 bits per heavy atom. The van der Waals surface area contributed by atoms with Gasteiger partial charge in [0.05, 0.1) is 7.11 Å². The Morgan fingerprint density at radius 3 is 2.76 bits per heavy atom. The van der Waals surface area contributed by atoms with Gasteiger partial charge in [-0.1, -0.05) is 30.3 Å². The molecule has 0 aliphatic carbocycles. The van der Waals surface area contributed by atoms with E-state index in [1.54, 1.807) is 7.11 Å². The minimum Gasteiger partial charge on any atom is -0.496 e. The van der Waals surface area contributed by atoms with Crippen LogP contribution in [0.2, 0.25) is 0 Å². The molecule has 110 valence electrons. The fourth-order valence-electron chi connectivity index (χ4n) is 3.14. The summed E-state index contributed by atoms with van der Waals surface area (Å²) in [5.41, 5.74) is 9.31. The van der Waals surface area contributed by atoms with Crippen LogP contribution in [-0.4, -0.2) is 25.1 Å². The Kier molecular flexibility index (Phi) is 4.11. The summed E-state index contributed by atoms with van der Waals surface area (Å²) in [5.74, 6) is 1.56. The Labute approximate surface area is 126 Å². The number of benzene rings is 2. The zero-order valence-corrected chi connectivity index (χ0v) is 12.5. The van der Waals surface area contributed by atoms with Crippen LogP contribution in [0, 0.1) is 0 Å². The summed E-state index contributed by atoms with van der Waals surface area (Å²) >= 11 is 0. The van der Waals surface area contributed by atoms with Crippen molar-refractivity contribution in [2.45, 2.75) is 18.9 Å². The lowest BCUT2D eigenvalue weighted by molar-refractivity contribution is 0.317. The fourth-order valence-corrected chi connectivity index (χ4v) is 3.14. The van der Waals surface area contributed by atoms with Crippen molar-refractivity contribution in [2.24, 2.45) is 0 Å². The van der Waals surface area contributed by atoms with Crippen molar-refractivity contribution in [2.75, 3.05) is 25.9 Å². The maximum Gasteiger partial charge on any atom is 0.123 e. The van der Waals surface area contributed by atoms with Crippen LogP contribution in [0.5, 0.6) is 5.75 Å². The van der Waals surface area contributed by atoms with Gasteiger partial charge in [0.2, 0.25) is 0 Å². The summed E-state index contributed by atoms with van der Waals surface area (Å²) in [6.07, 6.45) is 1.22. The number of nitrogen functional groups attached to an aromatic ring is 1. The smallest absolute Gasteiger partial charge is 0.123 e. The largest absolute Gasteiger partial charge is 0.496 e. The summed E-state index contributed by atoms with van der Waals surface area (Å²) in [6.45, 7) is 3.12. The molecule has 1 heterocycles. The molecular weight excluding hydrogens is 260 g/mol. The van der Waals surface area contributed by atoms with E-state index < -0.39 is 0 Å². The number of anilines is 1. The van der Waals surface area contributed by atoms with Crippen LogP contribution in [0.25, 0.3) is 0 Å². The maximum atomic E-state index is 5.90. The molecule has 2 aromatic carbocycles. The number of methoxy groups -OCH3 is 1. The van der Waals surface area contributed by atoms with Gasteiger partial charge in [-0.25, -0.2) is 0 Å². The highest BCUT2D eigenvalue weighted by molar-refractivity contribution is 5.47. The van der Waals surface area contributed by atoms with E-state index in [2.05, 4.69) is 35.2 Å². The van der Waals surface area contributed by atoms with Gasteiger partial charge in [0.25, 0.3) is 0 Å². The highest BCUT2D eigenvalue weighted by atomic mass is 16.5. The average molecular weight is 282 g/mol. The molecule has 0 radical (unpaired) electrons. The summed E-state index contributed by atoms with van der Waals surface area (Å²) in [7, 11) is 1.71. The van der Waals surface area contributed by atoms with Gasteiger partial charge < -0.3 is 10.5 Å². The minimum atomic E-state index is 0.637. The molecule has 3 heteroatoms. The first kappa shape index (κ1) is 14.0. The van der Waals surface area contributed by atoms with Crippen LogP contribution in [0.15, 0.2) is 48.5 Å². The molecule has 1 atom stereocenters. The van der Waals surface area contributed by atoms with Crippen LogP contribution in [0.4, 0.5) is 5.69 Å². The highest BCUT2D eigenvalue weighted by Gasteiger charge is 2.24. The van der Waals surface area contributed by atoms with Crippen molar-refractivity contribution in [3.05, 3.63) is 59.7 Å². The summed E-state index contributed by atoms with van der Waals surface area (Å²) < 4.78 is 5.44. The van der Waals surface area contributed by atoms with E-state index >= 15 is 0 Å². The number of hydrogen-bond donors (Lipinski definition) is 1. The number of likely N-dealkylation sites (tertiary alicyclic amines) is 1. The van der Waals surface area contributed by atoms with Crippen LogP contribution in [0.3, 0.4) is 0 Å². The Hall–Kier alpha value is -2.00. The van der Waals surface area contributed by atoms with E-state index in [1.807, 2.05) is 18.2 Å². The molecular formula is C18H22N2O. The molecule has 0 aromatic heterocycles. The monoisotopic (exact) mass is 282 g/mol. The molecule has 2 aromatic rings. The van der Waals surface area contributed by atoms with Gasteiger partial charge >= 0.3 is 0 Å². The van der Waals surface area contributed by atoms with Gasteiger partial charge in [-0.3, -0.25) is 4.90 Å². The minimum absolute atomic E-state index is 0.637. The summed E-state index contributed by atoms with van der Waals surface area (Å²) in [6, 6.07) is 16.7. The van der Waals surface area contributed by atoms with E-state index in [4.69, 9.17) is 10.5 Å². The first-order chi connectivity index (χ1) is 10.3. The Morgan fingerprint density at radius 2 is 2.00 bits per heavy atom. The average Bonchev–Trinajstić information content (AvgIpc) is 2.97. The van der Waals surface area contributed by atoms with Crippen LogP contribution >= 0.6 is 0 Å². The zero-order valence-electron chi connectivity index (χ0n) is 12.5. The van der Waals surface area contributed by atoms with E-state index in [0.29, 0.717) is 5.92 Å². The topological polar surface area (TPSA) is 38.5 Å². The lowest BCUT2D eigenvalue weighted by Crippen LogP contribution is -2.20. The molecule has 0 amide bonds. The standard InChI is InChI=1S/C18H22N2O/c1-21-18-8-7-17(19)11-16(18)13-20-10-9-15(12-20)14-5-3-2-4-6-14/h2-8,11,15H,9-10,12-13,19H2,1H3. The van der Waals surface area contributed by atoms with E-state index in [1.165, 1.54) is 17.5 Å². The number of rotatable bonds is 4. The first-order valence-corrected chi connectivity index (χ1v) is 7.46. The highest BCUT2D eigenvalue weighted by Crippen LogP contribution is 2.30. The van der Waals surface area contributed by atoms with Gasteiger partial charge in [-0.05, 0) is 42.6 Å². The SMILES string of the molecule is COc1ccc(N)cc1CN1CCC(c2ccccc2)C1. The maximum absolute atomic E-state index is 5.90. The number of hydrogen-bond acceptors (Lipinski definition) is 3. The molecule has 1 fully saturated rings. The van der Waals surface area contributed by atoms with E-state index in [0.717, 1.165) is 31.1 Å². The van der Waals surface area contributed by atoms with Crippen molar-refractivity contribution < 1.29 is 4.74 Å². The molecule has 1 aliphatic rings. The molecule has 21 heavy (non-hydrogen) atoms. The summed E-state index contributed by atoms with van der Waals surface area (Å²) in [5, 5.41) is 0. The molecule has 1 unspecified atom stereocenters. The van der Waals surface area contributed by atoms with Crippen molar-refractivity contribution in [1.29, 1.82) is 0 Å². The Bertz CT molecular complexity index is 597. The molecule has 1 aliphatic heterocycles. The molecule has 2 N–H and O–H groups in total. The molecule has 3 rings (SSSR count). The predicted molar refractivity (Wildman–Crippen MR) is 86.5 cm³/mol. The van der Waals surface area contributed by atoms with E-state index in [-0.39, 0.29) is 0 Å². The van der Waals surface area contributed by atoms with Crippen LogP contribution in [-0.2, 0) is 6.54 Å². The second-order valence-electron chi connectivity index (χ2n) is 5.70. The third-order valence-corrected chi connectivity index (χ3v) is 4.24. The third kappa shape index (κ3) is 3.19. The Balaban J connectivity index is 1.69. The number of nitrogens with zero attached hydrogens (tertiary/aromatic N) is 1. The first-order valence-electron chi connectivity index (χ1n) is 7.46. The van der Waals surface area contributed by atoms with Gasteiger partial charge in [-0.2, -0.15) is 0 Å². The van der Waals surface area contributed by atoms with Crippen molar-refractivity contribution >= 4 is 5.69 Å². The second-order valence-corrected chi connectivity index (χ2v) is 5.70. The predicted octanol–water partition coefficient (Wildman–Crippen LogP) is 3.27. The normalized spacial score (nSPS) is 18.8. The third-order valence-electron chi connectivity index (χ3n) is 4.24. The van der Waals surface area contributed by atoms with Crippen molar-refractivity contribution in [1.82, 2.24) is 4.90 Å². The second kappa shape index (κ2) is 6.19. The molecule has 3 nitrogen and oxygen atoms in total. The molecule has 1 saturated heterocycles. The quantitative estimate of drug-likeness (QED) is 0.875. The lowest BCUT2D eigenvalue weighted by Gasteiger charge is -2.18. The van der Waals surface area contributed by atoms with Crippen molar-refractivity contribution in [3.8, 4) is 5.75 Å². The van der Waals surface area contributed by atoms with Crippen molar-refractivity contribution in [3.63, 3.8) is 0 Å². The molecule has 0 saturated carbocycles. The lowest BCUT2D eigenvalue weighted by atomic mass is 9.99. The van der Waals surface area contributed by atoms with Crippen LogP contribution in [0.1, 0.15) is 23.5 Å². The van der Waals surface area contributed by atoms with Gasteiger partial charge in [0, 0.05) is 24.3 Å². The van der Waals surface area contributed by atoms with Gasteiger partial charge in [0.1, 0.15) is 5.75 Å². The van der Waals surface area contributed by atoms with Gasteiger partial charge in [0.15, 0.2) is 0 Å².